The fourth-order valence-corrected chi connectivity index (χ4v) is 3.66. The van der Waals surface area contributed by atoms with E-state index in [0.717, 1.165) is 6.42 Å². The number of rotatable bonds is 9. The fraction of sp³-hybridized carbons (Fsp3) is 0.273. The molecule has 32 heavy (non-hydrogen) atoms. The molecule has 8 nitrogen and oxygen atoms in total. The Balaban J connectivity index is 1.38. The molecule has 3 aromatic heterocycles. The molecule has 0 radical (unpaired) electrons. The van der Waals surface area contributed by atoms with Gasteiger partial charge < -0.3 is 18.2 Å². The standard InChI is InChI=1S/C22H20Cl2N4O4/c1-2-9-28(13-20-26-27-22(32-20)17-4-3-10-30-17)21(29)8-7-19-25-12-18(31-19)15-6-5-14(23)11-16(15)24/h3-6,10-12H,2,7-9,13H2,1H3. The van der Waals surface area contributed by atoms with E-state index in [1.165, 1.54) is 6.26 Å². The van der Waals surface area contributed by atoms with Gasteiger partial charge in [0, 0.05) is 30.0 Å². The minimum Gasteiger partial charge on any atom is -0.459 e. The lowest BCUT2D eigenvalue weighted by molar-refractivity contribution is -0.132. The molecule has 0 bridgehead atoms. The van der Waals surface area contributed by atoms with Crippen molar-refractivity contribution in [2.45, 2.75) is 32.7 Å². The summed E-state index contributed by atoms with van der Waals surface area (Å²) in [5.74, 6) is 2.02. The van der Waals surface area contributed by atoms with Crippen LogP contribution in [-0.4, -0.2) is 32.5 Å². The number of halogens is 2. The normalized spacial score (nSPS) is 11.1. The van der Waals surface area contributed by atoms with Crippen LogP contribution in [0.2, 0.25) is 10.0 Å². The molecule has 1 amide bonds. The Morgan fingerprint density at radius 2 is 1.97 bits per heavy atom. The third-order valence-electron chi connectivity index (χ3n) is 4.67. The van der Waals surface area contributed by atoms with Gasteiger partial charge >= 0.3 is 0 Å². The molecule has 0 fully saturated rings. The Morgan fingerprint density at radius 1 is 1.09 bits per heavy atom. The van der Waals surface area contributed by atoms with Gasteiger partial charge in [-0.15, -0.1) is 10.2 Å². The summed E-state index contributed by atoms with van der Waals surface area (Å²) in [5.41, 5.74) is 0.692. The third-order valence-corrected chi connectivity index (χ3v) is 5.22. The SMILES string of the molecule is CCCN(Cc1nnc(-c2ccco2)o1)C(=O)CCc1ncc(-c2ccc(Cl)cc2Cl)o1. The van der Waals surface area contributed by atoms with Crippen LogP contribution in [0.4, 0.5) is 0 Å². The Kier molecular flexibility index (Phi) is 6.92. The van der Waals surface area contributed by atoms with Gasteiger partial charge in [-0.05, 0) is 36.8 Å². The number of carbonyl (C=O) groups excluding carboxylic acids is 1. The minimum absolute atomic E-state index is 0.0612. The second-order valence-corrected chi connectivity index (χ2v) is 7.88. The van der Waals surface area contributed by atoms with E-state index in [2.05, 4.69) is 15.2 Å². The molecule has 0 aliphatic heterocycles. The van der Waals surface area contributed by atoms with Crippen LogP contribution in [0.3, 0.4) is 0 Å². The van der Waals surface area contributed by atoms with Crippen LogP contribution in [-0.2, 0) is 17.8 Å². The van der Waals surface area contributed by atoms with Crippen molar-refractivity contribution >= 4 is 29.1 Å². The monoisotopic (exact) mass is 474 g/mol. The first-order valence-corrected chi connectivity index (χ1v) is 10.8. The number of carbonyl (C=O) groups is 1. The van der Waals surface area contributed by atoms with Crippen LogP contribution in [0.15, 0.2) is 56.0 Å². The van der Waals surface area contributed by atoms with Gasteiger partial charge in [0.2, 0.25) is 11.8 Å². The van der Waals surface area contributed by atoms with Gasteiger partial charge in [-0.25, -0.2) is 4.98 Å². The van der Waals surface area contributed by atoms with Gasteiger partial charge in [0.15, 0.2) is 17.4 Å². The highest BCUT2D eigenvalue weighted by Crippen LogP contribution is 2.31. The summed E-state index contributed by atoms with van der Waals surface area (Å²) in [5, 5.41) is 9.01. The van der Waals surface area contributed by atoms with Crippen molar-refractivity contribution < 1.29 is 18.0 Å². The number of aromatic nitrogens is 3. The van der Waals surface area contributed by atoms with Crippen LogP contribution in [0.25, 0.3) is 23.0 Å². The van der Waals surface area contributed by atoms with E-state index in [-0.39, 0.29) is 24.8 Å². The Bertz CT molecular complexity index is 1190. The van der Waals surface area contributed by atoms with Crippen molar-refractivity contribution in [3.05, 3.63) is 64.6 Å². The van der Waals surface area contributed by atoms with Crippen molar-refractivity contribution in [3.63, 3.8) is 0 Å². The Labute approximate surface area is 194 Å². The maximum atomic E-state index is 12.8. The molecule has 3 heterocycles. The lowest BCUT2D eigenvalue weighted by Crippen LogP contribution is -2.31. The highest BCUT2D eigenvalue weighted by atomic mass is 35.5. The summed E-state index contributed by atoms with van der Waals surface area (Å²) in [4.78, 5) is 18.8. The molecule has 0 saturated heterocycles. The van der Waals surface area contributed by atoms with Gasteiger partial charge in [-0.3, -0.25) is 4.79 Å². The number of nitrogens with zero attached hydrogens (tertiary/aromatic N) is 4. The van der Waals surface area contributed by atoms with E-state index in [0.29, 0.717) is 51.9 Å². The van der Waals surface area contributed by atoms with E-state index >= 15 is 0 Å². The van der Waals surface area contributed by atoms with E-state index < -0.39 is 0 Å². The zero-order chi connectivity index (χ0) is 22.5. The quantitative estimate of drug-likeness (QED) is 0.308. The number of oxazole rings is 1. The second kappa shape index (κ2) is 10.0. The van der Waals surface area contributed by atoms with Gasteiger partial charge in [0.25, 0.3) is 5.89 Å². The average molecular weight is 475 g/mol. The highest BCUT2D eigenvalue weighted by molar-refractivity contribution is 6.36. The number of hydrogen-bond acceptors (Lipinski definition) is 7. The summed E-state index contributed by atoms with van der Waals surface area (Å²) in [6.45, 7) is 2.78. The number of hydrogen-bond donors (Lipinski definition) is 0. The minimum atomic E-state index is -0.0612. The summed E-state index contributed by atoms with van der Waals surface area (Å²) < 4.78 is 16.7. The van der Waals surface area contributed by atoms with Crippen LogP contribution in [0.1, 0.15) is 31.5 Å². The molecule has 0 N–H and O–H groups in total. The topological polar surface area (TPSA) is 98.4 Å². The van der Waals surface area contributed by atoms with Crippen molar-refractivity contribution in [2.24, 2.45) is 0 Å². The molecule has 10 heteroatoms. The fourth-order valence-electron chi connectivity index (χ4n) is 3.15. The zero-order valence-corrected chi connectivity index (χ0v) is 18.8. The molecule has 0 saturated carbocycles. The van der Waals surface area contributed by atoms with Crippen molar-refractivity contribution in [3.8, 4) is 23.0 Å². The van der Waals surface area contributed by atoms with E-state index in [4.69, 9.17) is 36.5 Å². The Hall–Kier alpha value is -3.10. The molecule has 166 valence electrons. The van der Waals surface area contributed by atoms with Crippen molar-refractivity contribution in [2.75, 3.05) is 6.54 Å². The molecule has 0 aliphatic rings. The predicted molar refractivity (Wildman–Crippen MR) is 118 cm³/mol. The zero-order valence-electron chi connectivity index (χ0n) is 17.3. The van der Waals surface area contributed by atoms with Crippen LogP contribution in [0, 0.1) is 0 Å². The summed E-state index contributed by atoms with van der Waals surface area (Å²) in [6.07, 6.45) is 4.50. The maximum absolute atomic E-state index is 12.8. The molecule has 1 aromatic carbocycles. The molecule has 0 aliphatic carbocycles. The first-order chi connectivity index (χ1) is 15.5. The molecular weight excluding hydrogens is 455 g/mol. The lowest BCUT2D eigenvalue weighted by atomic mass is 10.2. The molecule has 0 unspecified atom stereocenters. The summed E-state index contributed by atoms with van der Waals surface area (Å²) in [7, 11) is 0. The largest absolute Gasteiger partial charge is 0.459 e. The number of aryl methyl sites for hydroxylation is 1. The second-order valence-electron chi connectivity index (χ2n) is 7.04. The molecular formula is C22H20Cl2N4O4. The maximum Gasteiger partial charge on any atom is 0.283 e. The van der Waals surface area contributed by atoms with E-state index in [1.54, 1.807) is 41.4 Å². The summed E-state index contributed by atoms with van der Waals surface area (Å²) in [6, 6.07) is 8.60. The first kappa shape index (κ1) is 22.1. The first-order valence-electron chi connectivity index (χ1n) is 10.1. The van der Waals surface area contributed by atoms with Gasteiger partial charge in [-0.1, -0.05) is 30.1 Å². The predicted octanol–water partition coefficient (Wildman–Crippen LogP) is 5.66. The van der Waals surface area contributed by atoms with Crippen molar-refractivity contribution in [1.29, 1.82) is 0 Å². The molecule has 0 atom stereocenters. The van der Waals surface area contributed by atoms with E-state index in [1.807, 2.05) is 6.92 Å². The number of benzene rings is 1. The lowest BCUT2D eigenvalue weighted by Gasteiger charge is -2.19. The van der Waals surface area contributed by atoms with Gasteiger partial charge in [0.1, 0.15) is 0 Å². The summed E-state index contributed by atoms with van der Waals surface area (Å²) >= 11 is 12.2. The Morgan fingerprint density at radius 3 is 2.72 bits per heavy atom. The third kappa shape index (κ3) is 5.20. The highest BCUT2D eigenvalue weighted by Gasteiger charge is 2.19. The van der Waals surface area contributed by atoms with Crippen LogP contribution in [0.5, 0.6) is 0 Å². The van der Waals surface area contributed by atoms with Gasteiger partial charge in [0.05, 0.1) is 24.0 Å². The molecule has 4 rings (SSSR count). The number of amides is 1. The smallest absolute Gasteiger partial charge is 0.283 e. The van der Waals surface area contributed by atoms with E-state index in [9.17, 15) is 4.79 Å². The number of furan rings is 1. The van der Waals surface area contributed by atoms with Crippen LogP contribution >= 0.6 is 23.2 Å². The molecule has 0 spiro atoms. The average Bonchev–Trinajstić information content (AvgIpc) is 3.53. The van der Waals surface area contributed by atoms with Crippen molar-refractivity contribution in [1.82, 2.24) is 20.1 Å². The van der Waals surface area contributed by atoms with Crippen LogP contribution < -0.4 is 0 Å². The van der Waals surface area contributed by atoms with Gasteiger partial charge in [-0.2, -0.15) is 0 Å². The molecule has 4 aromatic rings.